The number of carbonyl (C=O) groups is 5. The Hall–Kier alpha value is -4.12. The largest absolute Gasteiger partial charge is 0.477 e. The number of terminal acetylenes is 1. The number of aliphatic carboxylic acids is 1. The van der Waals surface area contributed by atoms with E-state index in [0.717, 1.165) is 26.1 Å². The lowest BCUT2D eigenvalue weighted by Gasteiger charge is -2.31. The van der Waals surface area contributed by atoms with E-state index in [1.54, 1.807) is 51.0 Å². The number of hydrogen-bond donors (Lipinski definition) is 7. The molecule has 2 aromatic heterocycles. The minimum Gasteiger partial charge on any atom is -0.477 e. The fraction of sp³-hybridized carbons (Fsp3) is 0.393. The zero-order valence-electron chi connectivity index (χ0n) is 25.7. The summed E-state index contributed by atoms with van der Waals surface area (Å²) in [5, 5.41) is 32.3. The number of aromatic nitrogens is 2. The molecule has 0 aliphatic carbocycles. The second kappa shape index (κ2) is 19.5. The second-order valence-electron chi connectivity index (χ2n) is 9.46. The zero-order valence-corrected chi connectivity index (χ0v) is 29.0. The molecule has 0 unspecified atom stereocenters. The maximum atomic E-state index is 12.8. The molecule has 8 N–H and O–H groups in total. The van der Waals surface area contributed by atoms with Gasteiger partial charge >= 0.3 is 5.97 Å². The number of oxime groups is 1. The minimum atomic E-state index is -1.23. The van der Waals surface area contributed by atoms with Crippen LogP contribution in [0.1, 0.15) is 36.4 Å². The number of thioether (sulfide) groups is 3. The van der Waals surface area contributed by atoms with Crippen molar-refractivity contribution in [3.05, 3.63) is 45.2 Å². The summed E-state index contributed by atoms with van der Waals surface area (Å²) in [5.41, 5.74) is 0.604. The number of carboxylic acid groups (broad SMARTS) is 1. The summed E-state index contributed by atoms with van der Waals surface area (Å²) in [6.07, 6.45) is 12.1. The van der Waals surface area contributed by atoms with E-state index in [9.17, 15) is 34.3 Å². The molecule has 2 aromatic rings. The Balaban J connectivity index is 0.00000376. The minimum absolute atomic E-state index is 0.106. The van der Waals surface area contributed by atoms with Crippen LogP contribution in [0.15, 0.2) is 39.1 Å². The van der Waals surface area contributed by atoms with Crippen LogP contribution in [-0.4, -0.2) is 90.6 Å². The van der Waals surface area contributed by atoms with Crippen LogP contribution in [0.4, 0.5) is 0 Å². The molecule has 0 spiro atoms. The van der Waals surface area contributed by atoms with Crippen molar-refractivity contribution in [1.29, 1.82) is 0 Å². The number of amides is 3. The van der Waals surface area contributed by atoms with Gasteiger partial charge in [-0.1, -0.05) is 23.8 Å². The third-order valence-electron chi connectivity index (χ3n) is 6.26. The molecule has 0 fully saturated rings. The van der Waals surface area contributed by atoms with Crippen LogP contribution in [0.3, 0.4) is 0 Å². The number of rotatable bonds is 16. The standard InChI is InChI=1S/C26H34N8O7S4.C2H2/c1-4-19(36)30-13(2)23(37)29-7-8-42-11-15-9-28-6-5-17(15)44-18-12-43-25(32-20(18)26(39)40)16(10-35)31-24(38)21(33-41)22-14(3)45-34(22)27;1-2/h5-6,9-10,13,16,25,32,41H,4,7-8,11-12,27H2,1-3H3,(H,29,37)(H,30,36)(H,31,38)(H,39,40);1-2H/b33-21-;/t13-,16+,25+;/m0./s1. The van der Waals surface area contributed by atoms with Gasteiger partial charge in [-0.15, -0.1) is 24.6 Å². The van der Waals surface area contributed by atoms with Gasteiger partial charge in [0.25, 0.3) is 5.91 Å². The Morgan fingerprint density at radius 2 is 2.04 bits per heavy atom. The monoisotopic (exact) mass is 724 g/mol. The Labute approximate surface area is 288 Å². The van der Waals surface area contributed by atoms with Crippen LogP contribution in [0.5, 0.6) is 0 Å². The van der Waals surface area contributed by atoms with E-state index in [1.165, 1.54) is 23.5 Å². The number of hydrogen-bond acceptors (Lipinski definition) is 14. The predicted octanol–water partition coefficient (Wildman–Crippen LogP) is 1.09. The summed E-state index contributed by atoms with van der Waals surface area (Å²) in [5.74, 6) is 4.56. The van der Waals surface area contributed by atoms with Crippen LogP contribution in [0.25, 0.3) is 0 Å². The SMILES string of the molecule is C#C.CCC(=O)N[C@@H](C)C(=O)NCCSCc1cnccc1SC1=C(C(=O)O)N[C@@H]([C@@H](C=O)NC(=O)/C(=N\O)c2c(C)sn2N)SC1. The number of aryl methyl sites for hydroxylation is 1. The fourth-order valence-electron chi connectivity index (χ4n) is 3.93. The fourth-order valence-corrected chi connectivity index (χ4v) is 7.97. The van der Waals surface area contributed by atoms with E-state index in [2.05, 4.69) is 44.3 Å². The highest BCUT2D eigenvalue weighted by atomic mass is 32.2. The van der Waals surface area contributed by atoms with Gasteiger partial charge in [0.1, 0.15) is 35.1 Å². The molecule has 47 heavy (non-hydrogen) atoms. The smallest absolute Gasteiger partial charge is 0.352 e. The maximum Gasteiger partial charge on any atom is 0.352 e. The third-order valence-corrected chi connectivity index (χ3v) is 10.7. The summed E-state index contributed by atoms with van der Waals surface area (Å²) in [6, 6.07) is 0.00103. The van der Waals surface area contributed by atoms with E-state index in [0.29, 0.717) is 40.5 Å². The van der Waals surface area contributed by atoms with Crippen LogP contribution in [0.2, 0.25) is 0 Å². The third kappa shape index (κ3) is 11.0. The van der Waals surface area contributed by atoms with Crippen LogP contribution in [-0.2, 0) is 29.7 Å². The van der Waals surface area contributed by atoms with Gasteiger partial charge in [-0.3, -0.25) is 19.4 Å². The number of aldehydes is 1. The molecule has 0 saturated carbocycles. The molecule has 0 saturated heterocycles. The normalized spacial score (nSPS) is 15.7. The lowest BCUT2D eigenvalue weighted by atomic mass is 10.2. The van der Waals surface area contributed by atoms with Crippen LogP contribution >= 0.6 is 46.8 Å². The average molecular weight is 725 g/mol. The van der Waals surface area contributed by atoms with Crippen molar-refractivity contribution in [2.75, 3.05) is 23.9 Å². The van der Waals surface area contributed by atoms with Crippen LogP contribution in [0, 0.1) is 19.8 Å². The zero-order chi connectivity index (χ0) is 35.1. The summed E-state index contributed by atoms with van der Waals surface area (Å²) in [7, 11) is 0. The number of carboxylic acids is 1. The molecule has 19 heteroatoms. The first-order valence-electron chi connectivity index (χ1n) is 13.9. The number of nitrogens with one attached hydrogen (secondary N) is 4. The molecule has 15 nitrogen and oxygen atoms in total. The van der Waals surface area contributed by atoms with E-state index < -0.39 is 29.3 Å². The molecule has 3 atom stereocenters. The number of nitrogens with two attached hydrogens (primary N) is 1. The second-order valence-corrected chi connectivity index (χ2v) is 14.0. The number of nitrogens with zero attached hydrogens (tertiary/aromatic N) is 3. The lowest BCUT2D eigenvalue weighted by Crippen LogP contribution is -2.53. The van der Waals surface area contributed by atoms with E-state index >= 15 is 0 Å². The predicted molar refractivity (Wildman–Crippen MR) is 185 cm³/mol. The van der Waals surface area contributed by atoms with Crippen molar-refractivity contribution >= 4 is 82.5 Å². The van der Waals surface area contributed by atoms with Crippen molar-refractivity contribution < 1.29 is 34.3 Å². The molecule has 0 radical (unpaired) electrons. The molecule has 1 aliphatic heterocycles. The average Bonchev–Trinajstić information content (AvgIpc) is 3.07. The highest BCUT2D eigenvalue weighted by Gasteiger charge is 2.34. The first kappa shape index (κ1) is 39.1. The quantitative estimate of drug-likeness (QED) is 0.0245. The molecule has 1 aliphatic rings. The maximum absolute atomic E-state index is 12.8. The Morgan fingerprint density at radius 3 is 2.64 bits per heavy atom. The van der Waals surface area contributed by atoms with Crippen molar-refractivity contribution in [1.82, 2.24) is 30.3 Å². The number of carbonyl (C=O) groups excluding carboxylic acids is 4. The molecular formula is C28H36N8O7S4. The summed E-state index contributed by atoms with van der Waals surface area (Å²) in [4.78, 5) is 66.8. The summed E-state index contributed by atoms with van der Waals surface area (Å²) in [6.45, 7) is 5.42. The van der Waals surface area contributed by atoms with Crippen LogP contribution < -0.4 is 27.1 Å². The van der Waals surface area contributed by atoms with Gasteiger partial charge in [0, 0.05) is 57.3 Å². The molecule has 254 valence electrons. The lowest BCUT2D eigenvalue weighted by molar-refractivity contribution is -0.133. The number of nitrogen functional groups attached to an aromatic ring is 1. The Bertz CT molecular complexity index is 1510. The van der Waals surface area contributed by atoms with E-state index in [4.69, 9.17) is 5.84 Å². The van der Waals surface area contributed by atoms with Gasteiger partial charge in [-0.05, 0) is 37.0 Å². The van der Waals surface area contributed by atoms with Crippen molar-refractivity contribution in [2.24, 2.45) is 5.16 Å². The highest BCUT2D eigenvalue weighted by Crippen LogP contribution is 2.38. The number of pyridine rings is 1. The van der Waals surface area contributed by atoms with Gasteiger partial charge in [0.2, 0.25) is 11.8 Å². The van der Waals surface area contributed by atoms with Gasteiger partial charge in [0.15, 0.2) is 5.71 Å². The van der Waals surface area contributed by atoms with E-state index in [-0.39, 0.29) is 34.7 Å². The first-order valence-corrected chi connectivity index (χ1v) is 17.7. The topological polar surface area (TPSA) is 230 Å². The Morgan fingerprint density at radius 1 is 1.32 bits per heavy atom. The van der Waals surface area contributed by atoms with Gasteiger partial charge in [-0.25, -0.2) is 8.86 Å². The van der Waals surface area contributed by atoms with Crippen molar-refractivity contribution in [3.63, 3.8) is 0 Å². The molecule has 3 rings (SSSR count). The van der Waals surface area contributed by atoms with Crippen molar-refractivity contribution in [2.45, 2.75) is 55.3 Å². The van der Waals surface area contributed by atoms with Crippen molar-refractivity contribution in [3.8, 4) is 12.8 Å². The summed E-state index contributed by atoms with van der Waals surface area (Å²) >= 11 is 5.20. The summed E-state index contributed by atoms with van der Waals surface area (Å²) < 4.78 is 1.16. The van der Waals surface area contributed by atoms with E-state index in [1.807, 2.05) is 0 Å². The first-order chi connectivity index (χ1) is 22.5. The van der Waals surface area contributed by atoms with Gasteiger partial charge < -0.3 is 42.2 Å². The highest BCUT2D eigenvalue weighted by molar-refractivity contribution is 8.06. The molecule has 0 aromatic carbocycles. The van der Waals surface area contributed by atoms with Gasteiger partial charge in [0.05, 0.1) is 0 Å². The molecule has 3 amide bonds. The Kier molecular flexibility index (Phi) is 16.2. The molecular weight excluding hydrogens is 689 g/mol. The van der Waals surface area contributed by atoms with Gasteiger partial charge in [-0.2, -0.15) is 11.8 Å². The molecule has 3 heterocycles. The molecule has 0 bridgehead atoms.